The van der Waals surface area contributed by atoms with Crippen LogP contribution in [0.3, 0.4) is 0 Å². The number of rotatable bonds is 0. The molecule has 0 aliphatic heterocycles. The van der Waals surface area contributed by atoms with Gasteiger partial charge in [0.25, 0.3) is 0 Å². The maximum absolute atomic E-state index is 8.44. The predicted molar refractivity (Wildman–Crippen MR) is 16.0 cm³/mol. The second-order valence-electron chi connectivity index (χ2n) is 0.266. The molecule has 6 heavy (non-hydrogen) atoms. The van der Waals surface area contributed by atoms with Crippen molar-refractivity contribution < 1.29 is 47.4 Å². The van der Waals surface area contributed by atoms with E-state index in [9.17, 15) is 0 Å². The second-order valence-corrected chi connectivity index (χ2v) is 0.266. The van der Waals surface area contributed by atoms with Crippen LogP contribution < -0.4 is 34.7 Å². The third-order valence-corrected chi connectivity index (χ3v) is 0. The quantitative estimate of drug-likeness (QED) is 0.321. The molecule has 0 unspecified atom stereocenters. The number of carbonyl (C=O) groups is 1. The van der Waals surface area contributed by atoms with Crippen molar-refractivity contribution in [1.29, 1.82) is 0 Å². The van der Waals surface area contributed by atoms with Crippen molar-refractivity contribution in [3.63, 3.8) is 0 Å². The van der Waals surface area contributed by atoms with Crippen LogP contribution in [-0.2, 0) is 0 Å². The fourth-order valence-corrected chi connectivity index (χ4v) is 0. The third kappa shape index (κ3) is 76.4. The van der Waals surface area contributed by atoms with Gasteiger partial charge in [-0.15, -0.1) is 0 Å². The minimum atomic E-state index is -2.08. The first kappa shape index (κ1) is 15.7. The molecule has 0 aliphatic carbocycles. The van der Waals surface area contributed by atoms with Gasteiger partial charge >= 0.3 is 52.6 Å². The molecule has 0 rings (SSSR count). The van der Waals surface area contributed by atoms with Gasteiger partial charge in [-0.05, 0) is 0 Å². The van der Waals surface area contributed by atoms with E-state index in [0.29, 0.717) is 0 Å². The van der Waals surface area contributed by atoms with Crippen LogP contribution in [-0.4, -0.2) is 34.3 Å². The Kier molecular flexibility index (Phi) is 24.6. The Morgan fingerprint density at radius 1 is 1.83 bits per heavy atom. The van der Waals surface area contributed by atoms with Gasteiger partial charge in [0, 0.05) is 0 Å². The molecule has 3 nitrogen and oxygen atoms in total. The molecule has 1 N–H and O–H groups in total. The fourth-order valence-electron chi connectivity index (χ4n) is 0. The largest absolute Gasteiger partial charge is 2.00 e. The van der Waals surface area contributed by atoms with Crippen LogP contribution in [0.2, 0.25) is 0 Å². The molecular weight excluding hydrogens is 107 g/mol. The Hall–Kier alpha value is 1.04. The summed E-state index contributed by atoms with van der Waals surface area (Å²) in [5, 5.41) is 15.3. The number of hydrogen-bond donors (Lipinski definition) is 1. The van der Waals surface area contributed by atoms with Crippen LogP contribution in [0, 0.1) is 0 Å². The van der Waals surface area contributed by atoms with Crippen LogP contribution in [0.25, 0.3) is 0 Å². The molecule has 0 saturated carbocycles. The van der Waals surface area contributed by atoms with Gasteiger partial charge in [-0.25, -0.2) is 0 Å². The van der Waals surface area contributed by atoms with Gasteiger partial charge in [0.05, 0.1) is 0 Å². The molecular formula is CH3MgNaO3. The van der Waals surface area contributed by atoms with E-state index in [4.69, 9.17) is 15.0 Å². The summed E-state index contributed by atoms with van der Waals surface area (Å²) in [7, 11) is 0. The van der Waals surface area contributed by atoms with E-state index in [1.54, 1.807) is 0 Å². The van der Waals surface area contributed by atoms with Crippen molar-refractivity contribution in [3.05, 3.63) is 0 Å². The summed E-state index contributed by atoms with van der Waals surface area (Å²) in [5.74, 6) is 0. The fraction of sp³-hybridized carbons (Fsp3) is 0. The van der Waals surface area contributed by atoms with Gasteiger partial charge in [-0.2, -0.15) is 0 Å². The van der Waals surface area contributed by atoms with E-state index in [1.807, 2.05) is 0 Å². The normalized spacial score (nSPS) is 4.00. The minimum Gasteiger partial charge on any atom is -1.00 e. The van der Waals surface area contributed by atoms with Crippen LogP contribution in [0.1, 0.15) is 2.85 Å². The SMILES string of the molecule is O=C([O-])O.[H-].[H-].[Mg+2].[Na+]. The van der Waals surface area contributed by atoms with Gasteiger partial charge in [0.1, 0.15) is 0 Å². The van der Waals surface area contributed by atoms with Crippen LogP contribution in [0.5, 0.6) is 0 Å². The van der Waals surface area contributed by atoms with E-state index in [2.05, 4.69) is 0 Å². The van der Waals surface area contributed by atoms with Crippen molar-refractivity contribution in [2.75, 3.05) is 0 Å². The zero-order valence-electron chi connectivity index (χ0n) is 5.47. The predicted octanol–water partition coefficient (Wildman–Crippen LogP) is -4.26. The van der Waals surface area contributed by atoms with E-state index in [-0.39, 0.29) is 55.5 Å². The average molecular weight is 110 g/mol. The average Bonchev–Trinajstić information content (AvgIpc) is 0.811. The monoisotopic (exact) mass is 110 g/mol. The molecule has 28 valence electrons. The van der Waals surface area contributed by atoms with Gasteiger partial charge in [-0.3, -0.25) is 0 Å². The molecule has 0 aliphatic rings. The first-order chi connectivity index (χ1) is 1.73. The first-order valence-corrected chi connectivity index (χ1v) is 0.632. The maximum Gasteiger partial charge on any atom is 2.00 e. The Bertz CT molecular complexity index is 40.3. The van der Waals surface area contributed by atoms with Crippen molar-refractivity contribution in [2.45, 2.75) is 0 Å². The van der Waals surface area contributed by atoms with Crippen LogP contribution >= 0.6 is 0 Å². The zero-order valence-corrected chi connectivity index (χ0v) is 6.89. The van der Waals surface area contributed by atoms with E-state index >= 15 is 0 Å². The number of hydrogen-bond acceptors (Lipinski definition) is 2. The van der Waals surface area contributed by atoms with E-state index < -0.39 is 6.16 Å². The van der Waals surface area contributed by atoms with Gasteiger partial charge in [-0.1, -0.05) is 0 Å². The molecule has 0 atom stereocenters. The summed E-state index contributed by atoms with van der Waals surface area (Å²) >= 11 is 0. The second kappa shape index (κ2) is 9.40. The molecule has 0 heterocycles. The smallest absolute Gasteiger partial charge is 1.00 e. The summed E-state index contributed by atoms with van der Waals surface area (Å²) in [6.45, 7) is 0. The molecule has 0 saturated heterocycles. The third-order valence-electron chi connectivity index (χ3n) is 0. The summed E-state index contributed by atoms with van der Waals surface area (Å²) in [4.78, 5) is 8.44. The van der Waals surface area contributed by atoms with Gasteiger partial charge in [0.15, 0.2) is 0 Å². The van der Waals surface area contributed by atoms with Crippen molar-refractivity contribution in [2.24, 2.45) is 0 Å². The Morgan fingerprint density at radius 3 is 1.83 bits per heavy atom. The molecule has 0 aromatic rings. The van der Waals surface area contributed by atoms with Crippen molar-refractivity contribution in [1.82, 2.24) is 0 Å². The molecule has 0 fully saturated rings. The molecule has 0 aromatic heterocycles. The summed E-state index contributed by atoms with van der Waals surface area (Å²) < 4.78 is 0. The summed E-state index contributed by atoms with van der Waals surface area (Å²) in [6, 6.07) is 0. The summed E-state index contributed by atoms with van der Waals surface area (Å²) in [6.07, 6.45) is -2.08. The summed E-state index contributed by atoms with van der Waals surface area (Å²) in [5.41, 5.74) is 0. The topological polar surface area (TPSA) is 60.4 Å². The van der Waals surface area contributed by atoms with Crippen LogP contribution in [0.15, 0.2) is 0 Å². The molecule has 5 heteroatoms. The molecule has 0 aromatic carbocycles. The Balaban J connectivity index is -0.00000000750. The van der Waals surface area contributed by atoms with Gasteiger partial charge in [0.2, 0.25) is 6.16 Å². The molecule has 0 bridgehead atoms. The maximum atomic E-state index is 8.44. The van der Waals surface area contributed by atoms with Crippen molar-refractivity contribution >= 4 is 29.2 Å². The van der Waals surface area contributed by atoms with E-state index in [0.717, 1.165) is 0 Å². The first-order valence-electron chi connectivity index (χ1n) is 0.632. The molecule has 0 amide bonds. The van der Waals surface area contributed by atoms with Gasteiger partial charge < -0.3 is 17.9 Å². The molecule has 0 spiro atoms. The Morgan fingerprint density at radius 2 is 1.83 bits per heavy atom. The van der Waals surface area contributed by atoms with Crippen LogP contribution in [0.4, 0.5) is 4.79 Å². The van der Waals surface area contributed by atoms with E-state index in [1.165, 1.54) is 0 Å². The standard InChI is InChI=1S/CH2O3.Mg.Na.2H/c2-1(3)4;;;;/h(H2,2,3,4);;;;/q;+2;+1;2*-1/p-1. The minimum absolute atomic E-state index is 0. The number of carboxylic acid groups (broad SMARTS) is 2. The zero-order chi connectivity index (χ0) is 3.58. The molecule has 0 radical (unpaired) electrons. The Labute approximate surface area is 76.1 Å². The van der Waals surface area contributed by atoms with Crippen molar-refractivity contribution in [3.8, 4) is 0 Å².